The molecule has 0 saturated carbocycles. The summed E-state index contributed by atoms with van der Waals surface area (Å²) in [7, 11) is 0. The van der Waals surface area contributed by atoms with Crippen LogP contribution in [0.4, 0.5) is 13.2 Å². The van der Waals surface area contributed by atoms with E-state index in [-0.39, 0.29) is 23.6 Å². The number of rotatable bonds is 6. The van der Waals surface area contributed by atoms with Crippen molar-refractivity contribution in [3.8, 4) is 0 Å². The molecule has 0 bridgehead atoms. The van der Waals surface area contributed by atoms with E-state index >= 15 is 0 Å². The molecule has 0 fully saturated rings. The zero-order valence-electron chi connectivity index (χ0n) is 9.60. The highest BCUT2D eigenvalue weighted by Crippen LogP contribution is 2.16. The number of hydrogen-bond donors (Lipinski definition) is 1. The van der Waals surface area contributed by atoms with Crippen LogP contribution in [0.3, 0.4) is 0 Å². The molecule has 7 heteroatoms. The summed E-state index contributed by atoms with van der Waals surface area (Å²) in [5.41, 5.74) is 0. The molecule has 0 aromatic heterocycles. The average Bonchev–Trinajstić information content (AvgIpc) is 2.20. The van der Waals surface area contributed by atoms with E-state index in [1.54, 1.807) is 5.32 Å². The Morgan fingerprint density at radius 2 is 1.82 bits per heavy atom. The van der Waals surface area contributed by atoms with Crippen molar-refractivity contribution >= 4 is 27.6 Å². The molecule has 0 rings (SSSR count). The summed E-state index contributed by atoms with van der Waals surface area (Å²) in [6.07, 6.45) is -4.46. The van der Waals surface area contributed by atoms with Gasteiger partial charge in [0.15, 0.2) is 0 Å². The summed E-state index contributed by atoms with van der Waals surface area (Å²) < 4.78 is 35.8. The topological polar surface area (TPSA) is 46.2 Å². The van der Waals surface area contributed by atoms with Crippen molar-refractivity contribution < 1.29 is 22.8 Å². The highest BCUT2D eigenvalue weighted by atomic mass is 79.9. The van der Waals surface area contributed by atoms with E-state index in [0.29, 0.717) is 6.42 Å². The van der Waals surface area contributed by atoms with E-state index in [1.807, 2.05) is 13.8 Å². The molecule has 17 heavy (non-hydrogen) atoms. The molecule has 0 aromatic rings. The molecule has 0 aliphatic rings. The first-order valence-electron chi connectivity index (χ1n) is 5.12. The first-order chi connectivity index (χ1) is 7.68. The Bertz CT molecular complexity index is 279. The molecule has 0 aliphatic heterocycles. The van der Waals surface area contributed by atoms with E-state index < -0.39 is 18.0 Å². The van der Waals surface area contributed by atoms with Crippen molar-refractivity contribution in [2.75, 3.05) is 11.9 Å². The van der Waals surface area contributed by atoms with E-state index in [9.17, 15) is 22.8 Å². The molecular weight excluding hydrogens is 303 g/mol. The number of carbonyl (C=O) groups excluding carboxylic acids is 2. The van der Waals surface area contributed by atoms with E-state index in [1.165, 1.54) is 0 Å². The second kappa shape index (κ2) is 6.98. The highest BCUT2D eigenvalue weighted by molar-refractivity contribution is 9.09. The van der Waals surface area contributed by atoms with Gasteiger partial charge in [0.05, 0.1) is 5.33 Å². The first kappa shape index (κ1) is 16.4. The van der Waals surface area contributed by atoms with Gasteiger partial charge >= 0.3 is 12.1 Å². The Labute approximate surface area is 106 Å². The van der Waals surface area contributed by atoms with Crippen LogP contribution in [0.25, 0.3) is 0 Å². The van der Waals surface area contributed by atoms with Crippen molar-refractivity contribution in [3.05, 3.63) is 0 Å². The summed E-state index contributed by atoms with van der Waals surface area (Å²) >= 11 is 2.97. The van der Waals surface area contributed by atoms with Crippen LogP contribution in [-0.4, -0.2) is 29.7 Å². The lowest BCUT2D eigenvalue weighted by Crippen LogP contribution is -2.41. The Morgan fingerprint density at radius 3 is 2.18 bits per heavy atom. The molecule has 3 nitrogen and oxygen atoms in total. The number of alkyl halides is 4. The van der Waals surface area contributed by atoms with Gasteiger partial charge in [0.25, 0.3) is 0 Å². The third kappa shape index (κ3) is 6.65. The molecule has 1 unspecified atom stereocenters. The van der Waals surface area contributed by atoms with Crippen LogP contribution < -0.4 is 5.32 Å². The number of Topliss-reactive ketones (excluding diaryl/α,β-unsaturated/α-hetero) is 1. The monoisotopic (exact) mass is 317 g/mol. The number of ketones is 1. The van der Waals surface area contributed by atoms with Gasteiger partial charge in [0.2, 0.25) is 0 Å². The summed E-state index contributed by atoms with van der Waals surface area (Å²) in [5.74, 6) is -2.62. The van der Waals surface area contributed by atoms with E-state index in [0.717, 1.165) is 0 Å². The van der Waals surface area contributed by atoms with Crippen molar-refractivity contribution in [2.24, 2.45) is 11.8 Å². The van der Waals surface area contributed by atoms with E-state index in [2.05, 4.69) is 15.9 Å². The zero-order chi connectivity index (χ0) is 13.6. The SMILES string of the molecule is CC(C)CC(CNC(=O)C(F)(F)F)C(=O)CBr. The van der Waals surface area contributed by atoms with Gasteiger partial charge in [0.1, 0.15) is 5.78 Å². The molecule has 1 amide bonds. The Morgan fingerprint density at radius 1 is 1.29 bits per heavy atom. The van der Waals surface area contributed by atoms with Crippen LogP contribution in [0.5, 0.6) is 0 Å². The van der Waals surface area contributed by atoms with Gasteiger partial charge in [-0.25, -0.2) is 0 Å². The summed E-state index contributed by atoms with van der Waals surface area (Å²) in [5, 5.41) is 1.81. The van der Waals surface area contributed by atoms with Crippen molar-refractivity contribution in [1.29, 1.82) is 0 Å². The second-order valence-electron chi connectivity index (χ2n) is 4.13. The highest BCUT2D eigenvalue weighted by Gasteiger charge is 2.38. The second-order valence-corrected chi connectivity index (χ2v) is 4.69. The number of halogens is 4. The van der Waals surface area contributed by atoms with Crippen LogP contribution in [0.15, 0.2) is 0 Å². The molecule has 0 aromatic carbocycles. The Hall–Kier alpha value is -0.590. The Balaban J connectivity index is 4.36. The summed E-state index contributed by atoms with van der Waals surface area (Å²) in [6.45, 7) is 3.45. The van der Waals surface area contributed by atoms with Crippen LogP contribution in [0, 0.1) is 11.8 Å². The molecule has 1 N–H and O–H groups in total. The van der Waals surface area contributed by atoms with Gasteiger partial charge in [0, 0.05) is 12.5 Å². The van der Waals surface area contributed by atoms with Crippen LogP contribution in [-0.2, 0) is 9.59 Å². The first-order valence-corrected chi connectivity index (χ1v) is 6.24. The van der Waals surface area contributed by atoms with Crippen molar-refractivity contribution in [3.63, 3.8) is 0 Å². The van der Waals surface area contributed by atoms with Gasteiger partial charge < -0.3 is 5.32 Å². The fourth-order valence-electron chi connectivity index (χ4n) is 1.32. The Kier molecular flexibility index (Phi) is 6.74. The summed E-state index contributed by atoms with van der Waals surface area (Å²) in [6, 6.07) is 0. The summed E-state index contributed by atoms with van der Waals surface area (Å²) in [4.78, 5) is 22.0. The molecule has 0 radical (unpaired) electrons. The predicted molar refractivity (Wildman–Crippen MR) is 60.8 cm³/mol. The quantitative estimate of drug-likeness (QED) is 0.764. The lowest BCUT2D eigenvalue weighted by atomic mass is 9.94. The molecule has 0 heterocycles. The standard InChI is InChI=1S/C10H15BrF3NO2/c1-6(2)3-7(8(16)4-11)5-15-9(17)10(12,13)14/h6-7H,3-5H2,1-2H3,(H,15,17). The fraction of sp³-hybridized carbons (Fsp3) is 0.800. The molecule has 0 aliphatic carbocycles. The maximum absolute atomic E-state index is 11.9. The minimum absolute atomic E-state index is 0.0757. The average molecular weight is 318 g/mol. The number of hydrogen-bond acceptors (Lipinski definition) is 2. The molecular formula is C10H15BrF3NO2. The van der Waals surface area contributed by atoms with Crippen molar-refractivity contribution in [2.45, 2.75) is 26.4 Å². The maximum Gasteiger partial charge on any atom is 0.471 e. The fourth-order valence-corrected chi connectivity index (χ4v) is 1.78. The smallest absolute Gasteiger partial charge is 0.348 e. The minimum Gasteiger partial charge on any atom is -0.348 e. The van der Waals surface area contributed by atoms with Gasteiger partial charge in [-0.2, -0.15) is 13.2 Å². The van der Waals surface area contributed by atoms with Crippen LogP contribution in [0.1, 0.15) is 20.3 Å². The normalized spacial score (nSPS) is 13.6. The van der Waals surface area contributed by atoms with Crippen molar-refractivity contribution in [1.82, 2.24) is 5.32 Å². The van der Waals surface area contributed by atoms with Crippen LogP contribution >= 0.6 is 15.9 Å². The molecule has 1 atom stereocenters. The minimum atomic E-state index is -4.90. The predicted octanol–water partition coefficient (Wildman–Crippen LogP) is 2.29. The van der Waals surface area contributed by atoms with Gasteiger partial charge in [-0.1, -0.05) is 29.8 Å². The number of nitrogens with one attached hydrogen (secondary N) is 1. The largest absolute Gasteiger partial charge is 0.471 e. The lowest BCUT2D eigenvalue weighted by molar-refractivity contribution is -0.173. The lowest BCUT2D eigenvalue weighted by Gasteiger charge is -2.18. The third-order valence-corrected chi connectivity index (χ3v) is 2.66. The van der Waals surface area contributed by atoms with Gasteiger partial charge in [-0.05, 0) is 12.3 Å². The molecule has 100 valence electrons. The third-order valence-electron chi connectivity index (χ3n) is 2.11. The number of amides is 1. The zero-order valence-corrected chi connectivity index (χ0v) is 11.2. The van der Waals surface area contributed by atoms with Crippen LogP contribution in [0.2, 0.25) is 0 Å². The van der Waals surface area contributed by atoms with E-state index in [4.69, 9.17) is 0 Å². The maximum atomic E-state index is 11.9. The van der Waals surface area contributed by atoms with Gasteiger partial charge in [-0.15, -0.1) is 0 Å². The number of carbonyl (C=O) groups is 2. The van der Waals surface area contributed by atoms with Gasteiger partial charge in [-0.3, -0.25) is 9.59 Å². The molecule has 0 spiro atoms. The molecule has 0 saturated heterocycles.